The number of nitro benzene ring substituents is 1. The molecule has 1 aliphatic rings. The zero-order valence-electron chi connectivity index (χ0n) is 16.3. The summed E-state index contributed by atoms with van der Waals surface area (Å²) in [4.78, 5) is 27.1. The van der Waals surface area contributed by atoms with Crippen LogP contribution in [0.1, 0.15) is 36.7 Å². The van der Waals surface area contributed by atoms with Crippen molar-refractivity contribution >= 4 is 28.9 Å². The topological polar surface area (TPSA) is 66.7 Å². The van der Waals surface area contributed by atoms with E-state index in [2.05, 4.69) is 25.7 Å². The fourth-order valence-corrected chi connectivity index (χ4v) is 3.61. The van der Waals surface area contributed by atoms with Crippen LogP contribution in [0.5, 0.6) is 0 Å². The Morgan fingerprint density at radius 2 is 1.64 bits per heavy atom. The first-order valence-electron chi connectivity index (χ1n) is 9.25. The molecule has 0 N–H and O–H groups in total. The summed E-state index contributed by atoms with van der Waals surface area (Å²) < 4.78 is 0. The van der Waals surface area contributed by atoms with Crippen LogP contribution in [0.15, 0.2) is 42.5 Å². The average Bonchev–Trinajstić information content (AvgIpc) is 2.67. The third-order valence-electron chi connectivity index (χ3n) is 5.05. The van der Waals surface area contributed by atoms with Crippen molar-refractivity contribution in [1.29, 1.82) is 0 Å². The summed E-state index contributed by atoms with van der Waals surface area (Å²) in [6.45, 7) is 8.85. The number of piperazine rings is 1. The minimum atomic E-state index is -0.461. The first kappa shape index (κ1) is 20.1. The van der Waals surface area contributed by atoms with Gasteiger partial charge >= 0.3 is 0 Å². The summed E-state index contributed by atoms with van der Waals surface area (Å²) in [5, 5.41) is 11.2. The van der Waals surface area contributed by atoms with Gasteiger partial charge < -0.3 is 9.80 Å². The molecule has 6 nitrogen and oxygen atoms in total. The Bertz CT molecular complexity index is 883. The number of nitrogens with zero attached hydrogens (tertiary/aromatic N) is 3. The molecule has 1 aliphatic heterocycles. The molecule has 0 unspecified atom stereocenters. The summed E-state index contributed by atoms with van der Waals surface area (Å²) in [5.74, 6) is 0.0231. The molecule has 2 aromatic rings. The Labute approximate surface area is 169 Å². The predicted molar refractivity (Wildman–Crippen MR) is 111 cm³/mol. The van der Waals surface area contributed by atoms with Crippen molar-refractivity contribution in [1.82, 2.24) is 4.90 Å². The molecule has 1 fully saturated rings. The molecule has 0 aliphatic carbocycles. The molecule has 148 valence electrons. The molecule has 1 amide bonds. The quantitative estimate of drug-likeness (QED) is 0.560. The molecule has 0 aromatic heterocycles. The third-order valence-corrected chi connectivity index (χ3v) is 5.35. The van der Waals surface area contributed by atoms with E-state index in [4.69, 9.17) is 11.6 Å². The summed E-state index contributed by atoms with van der Waals surface area (Å²) in [7, 11) is 0. The van der Waals surface area contributed by atoms with E-state index in [1.165, 1.54) is 17.7 Å². The highest BCUT2D eigenvalue weighted by Gasteiger charge is 2.24. The van der Waals surface area contributed by atoms with Gasteiger partial charge in [-0.1, -0.05) is 44.5 Å². The summed E-state index contributed by atoms with van der Waals surface area (Å²) in [6, 6.07) is 12.3. The molecule has 7 heteroatoms. The van der Waals surface area contributed by atoms with Gasteiger partial charge in [0.25, 0.3) is 11.6 Å². The van der Waals surface area contributed by atoms with Gasteiger partial charge in [0, 0.05) is 43.9 Å². The van der Waals surface area contributed by atoms with Crippen LogP contribution in [-0.2, 0) is 5.41 Å². The zero-order valence-corrected chi connectivity index (χ0v) is 17.1. The van der Waals surface area contributed by atoms with Crippen LogP contribution in [-0.4, -0.2) is 41.9 Å². The zero-order chi connectivity index (χ0) is 20.5. The Morgan fingerprint density at radius 1 is 1.04 bits per heavy atom. The van der Waals surface area contributed by atoms with E-state index in [9.17, 15) is 14.9 Å². The minimum Gasteiger partial charge on any atom is -0.367 e. The van der Waals surface area contributed by atoms with E-state index in [1.807, 2.05) is 29.2 Å². The molecule has 1 saturated heterocycles. The van der Waals surface area contributed by atoms with Crippen LogP contribution in [0.2, 0.25) is 5.02 Å². The highest BCUT2D eigenvalue weighted by Crippen LogP contribution is 2.30. The lowest BCUT2D eigenvalue weighted by atomic mass is 9.86. The number of rotatable bonds is 3. The number of hydrogen-bond donors (Lipinski definition) is 0. The number of benzene rings is 2. The molecule has 3 rings (SSSR count). The summed E-state index contributed by atoms with van der Waals surface area (Å²) >= 11 is 6.23. The molecular formula is C21H24ClN3O3. The molecule has 2 aromatic carbocycles. The van der Waals surface area contributed by atoms with Gasteiger partial charge in [0.1, 0.15) is 0 Å². The number of nitro groups is 1. The van der Waals surface area contributed by atoms with E-state index >= 15 is 0 Å². The molecule has 0 radical (unpaired) electrons. The molecule has 0 bridgehead atoms. The van der Waals surface area contributed by atoms with Crippen LogP contribution in [0.3, 0.4) is 0 Å². The van der Waals surface area contributed by atoms with Gasteiger partial charge in [0.15, 0.2) is 0 Å². The van der Waals surface area contributed by atoms with Crippen LogP contribution in [0, 0.1) is 10.1 Å². The van der Waals surface area contributed by atoms with Crippen molar-refractivity contribution < 1.29 is 9.72 Å². The highest BCUT2D eigenvalue weighted by molar-refractivity contribution is 6.33. The summed E-state index contributed by atoms with van der Waals surface area (Å²) in [5.41, 5.74) is 2.67. The highest BCUT2D eigenvalue weighted by atomic mass is 35.5. The van der Waals surface area contributed by atoms with Crippen molar-refractivity contribution in [3.05, 3.63) is 68.7 Å². The van der Waals surface area contributed by atoms with Crippen molar-refractivity contribution in [2.45, 2.75) is 26.2 Å². The van der Waals surface area contributed by atoms with E-state index < -0.39 is 4.92 Å². The van der Waals surface area contributed by atoms with Gasteiger partial charge in [0.2, 0.25) is 0 Å². The van der Waals surface area contributed by atoms with Crippen molar-refractivity contribution in [3.8, 4) is 0 Å². The lowest BCUT2D eigenvalue weighted by Gasteiger charge is -2.36. The second-order valence-corrected chi connectivity index (χ2v) is 8.41. The fraction of sp³-hybridized carbons (Fsp3) is 0.381. The van der Waals surface area contributed by atoms with Gasteiger partial charge in [-0.3, -0.25) is 14.9 Å². The van der Waals surface area contributed by atoms with Gasteiger partial charge in [-0.15, -0.1) is 0 Å². The number of amides is 1. The van der Waals surface area contributed by atoms with Crippen LogP contribution < -0.4 is 4.90 Å². The number of halogens is 1. The molecule has 0 spiro atoms. The van der Waals surface area contributed by atoms with Crippen molar-refractivity contribution in [3.63, 3.8) is 0 Å². The number of non-ortho nitro benzene ring substituents is 1. The monoisotopic (exact) mass is 401 g/mol. The Hall–Kier alpha value is -2.60. The largest absolute Gasteiger partial charge is 0.367 e. The van der Waals surface area contributed by atoms with E-state index in [-0.39, 0.29) is 17.0 Å². The Morgan fingerprint density at radius 3 is 2.14 bits per heavy atom. The van der Waals surface area contributed by atoms with E-state index in [0.717, 1.165) is 5.69 Å². The van der Waals surface area contributed by atoms with Crippen LogP contribution >= 0.6 is 11.6 Å². The second-order valence-electron chi connectivity index (χ2n) is 8.00. The van der Waals surface area contributed by atoms with E-state index in [0.29, 0.717) is 36.8 Å². The Balaban J connectivity index is 1.65. The first-order chi connectivity index (χ1) is 13.2. The first-order valence-corrected chi connectivity index (χ1v) is 9.63. The smallest absolute Gasteiger partial charge is 0.271 e. The fourth-order valence-electron chi connectivity index (χ4n) is 3.31. The van der Waals surface area contributed by atoms with Gasteiger partial charge in [-0.2, -0.15) is 0 Å². The molecular weight excluding hydrogens is 378 g/mol. The lowest BCUT2D eigenvalue weighted by molar-refractivity contribution is -0.384. The van der Waals surface area contributed by atoms with Crippen molar-refractivity contribution in [2.24, 2.45) is 0 Å². The maximum atomic E-state index is 12.8. The Kier molecular flexibility index (Phi) is 5.61. The molecule has 28 heavy (non-hydrogen) atoms. The van der Waals surface area contributed by atoms with Crippen LogP contribution in [0.25, 0.3) is 0 Å². The summed E-state index contributed by atoms with van der Waals surface area (Å²) in [6.07, 6.45) is 0. The normalized spacial score (nSPS) is 14.9. The van der Waals surface area contributed by atoms with Gasteiger partial charge in [-0.25, -0.2) is 0 Å². The second kappa shape index (κ2) is 7.80. The number of hydrogen-bond acceptors (Lipinski definition) is 4. The van der Waals surface area contributed by atoms with E-state index in [1.54, 1.807) is 6.07 Å². The standard InChI is InChI=1S/C21H24ClN3O3/c1-21(2,3)16-6-4-15(5-7-16)20(26)24-12-10-23(11-13-24)19-9-8-17(25(27)28)14-18(19)22/h4-9,14H,10-13H2,1-3H3. The molecule has 0 saturated carbocycles. The van der Waals surface area contributed by atoms with Crippen LogP contribution in [0.4, 0.5) is 11.4 Å². The maximum absolute atomic E-state index is 12.8. The predicted octanol–water partition coefficient (Wildman–Crippen LogP) is 4.51. The molecule has 0 atom stereocenters. The number of carbonyl (C=O) groups excluding carboxylic acids is 1. The van der Waals surface area contributed by atoms with Gasteiger partial charge in [0.05, 0.1) is 15.6 Å². The third kappa shape index (κ3) is 4.28. The minimum absolute atomic E-state index is 0.0231. The maximum Gasteiger partial charge on any atom is 0.271 e. The van der Waals surface area contributed by atoms with Crippen molar-refractivity contribution in [2.75, 3.05) is 31.1 Å². The SMILES string of the molecule is CC(C)(C)c1ccc(C(=O)N2CCN(c3ccc([N+](=O)[O-])cc3Cl)CC2)cc1. The average molecular weight is 402 g/mol. The van der Waals surface area contributed by atoms with Gasteiger partial charge in [-0.05, 0) is 29.2 Å². The lowest BCUT2D eigenvalue weighted by Crippen LogP contribution is -2.48. The number of carbonyl (C=O) groups is 1. The number of anilines is 1. The molecule has 1 heterocycles.